The monoisotopic (exact) mass is 350 g/mol. The van der Waals surface area contributed by atoms with Crippen molar-refractivity contribution in [2.24, 2.45) is 0 Å². The number of nitrogens with zero attached hydrogens (tertiary/aromatic N) is 2. The highest BCUT2D eigenvalue weighted by molar-refractivity contribution is 6.01. The lowest BCUT2D eigenvalue weighted by molar-refractivity contribution is -0.151. The van der Waals surface area contributed by atoms with Crippen LogP contribution >= 0.6 is 0 Å². The normalized spacial score (nSPS) is 16.2. The highest BCUT2D eigenvalue weighted by Gasteiger charge is 2.40. The maximum atomic E-state index is 12.7. The van der Waals surface area contributed by atoms with Gasteiger partial charge in [0.15, 0.2) is 0 Å². The van der Waals surface area contributed by atoms with Crippen molar-refractivity contribution in [2.45, 2.75) is 19.5 Å². The molecule has 1 aliphatic heterocycles. The molecule has 1 amide bonds. The second kappa shape index (κ2) is 6.31. The van der Waals surface area contributed by atoms with Gasteiger partial charge in [-0.05, 0) is 36.8 Å². The van der Waals surface area contributed by atoms with Gasteiger partial charge in [-0.2, -0.15) is 5.06 Å². The van der Waals surface area contributed by atoms with E-state index in [0.717, 1.165) is 16.5 Å². The third-order valence-corrected chi connectivity index (χ3v) is 4.61. The van der Waals surface area contributed by atoms with Gasteiger partial charge in [0.25, 0.3) is 5.91 Å². The van der Waals surface area contributed by atoms with Gasteiger partial charge in [0.05, 0.1) is 19.0 Å². The number of hydrogen-bond acceptors (Lipinski definition) is 4. The Morgan fingerprint density at radius 1 is 1.12 bits per heavy atom. The zero-order chi connectivity index (χ0) is 18.3. The molecule has 1 aromatic heterocycles. The molecule has 0 radical (unpaired) electrons. The average molecular weight is 350 g/mol. The summed E-state index contributed by atoms with van der Waals surface area (Å²) in [6.07, 6.45) is -0.600. The topological polar surface area (TPSA) is 60.8 Å². The Labute approximate surface area is 150 Å². The lowest BCUT2D eigenvalue weighted by Crippen LogP contribution is -2.31. The van der Waals surface area contributed by atoms with Gasteiger partial charge in [-0.15, -0.1) is 0 Å². The summed E-state index contributed by atoms with van der Waals surface area (Å²) in [6, 6.07) is 16.6. The van der Waals surface area contributed by atoms with Crippen molar-refractivity contribution in [3.05, 3.63) is 65.9 Å². The van der Waals surface area contributed by atoms with Crippen LogP contribution in [0, 0.1) is 6.92 Å². The summed E-state index contributed by atoms with van der Waals surface area (Å²) in [6.45, 7) is 2.00. The van der Waals surface area contributed by atoms with Crippen molar-refractivity contribution in [3.63, 3.8) is 0 Å². The SMILES string of the molecule is CON1C(=O)c2cc3c(C)cccc3n2C1CC(=O)Oc1ccccc1. The van der Waals surface area contributed by atoms with E-state index in [4.69, 9.17) is 9.57 Å². The number of fused-ring (bicyclic) bond motifs is 3. The molecule has 1 atom stereocenters. The largest absolute Gasteiger partial charge is 0.426 e. The van der Waals surface area contributed by atoms with E-state index >= 15 is 0 Å². The van der Waals surface area contributed by atoms with E-state index in [9.17, 15) is 9.59 Å². The van der Waals surface area contributed by atoms with Crippen molar-refractivity contribution >= 4 is 22.8 Å². The number of ether oxygens (including phenoxy) is 1. The van der Waals surface area contributed by atoms with Crippen LogP contribution in [0.2, 0.25) is 0 Å². The molecule has 2 heterocycles. The summed E-state index contributed by atoms with van der Waals surface area (Å²) in [4.78, 5) is 30.4. The summed E-state index contributed by atoms with van der Waals surface area (Å²) in [5.41, 5.74) is 2.48. The van der Waals surface area contributed by atoms with Crippen LogP contribution in [0.5, 0.6) is 5.75 Å². The second-order valence-electron chi connectivity index (χ2n) is 6.19. The van der Waals surface area contributed by atoms with Gasteiger partial charge in [-0.1, -0.05) is 30.3 Å². The standard InChI is InChI=1S/C20H18N2O4/c1-13-7-6-10-16-15(13)11-17-20(24)22(25-2)18(21(16)17)12-19(23)26-14-8-4-3-5-9-14/h3-11,18H,12H2,1-2H3. The van der Waals surface area contributed by atoms with Crippen molar-refractivity contribution < 1.29 is 19.2 Å². The molecular weight excluding hydrogens is 332 g/mol. The van der Waals surface area contributed by atoms with Crippen molar-refractivity contribution in [1.29, 1.82) is 0 Å². The number of hydroxylamine groups is 2. The first kappa shape index (κ1) is 16.4. The van der Waals surface area contributed by atoms with Gasteiger partial charge in [0.2, 0.25) is 0 Å². The number of para-hydroxylation sites is 1. The summed E-state index contributed by atoms with van der Waals surface area (Å²) in [5, 5.41) is 2.22. The first-order chi connectivity index (χ1) is 12.6. The first-order valence-electron chi connectivity index (χ1n) is 8.34. The van der Waals surface area contributed by atoms with Gasteiger partial charge in [-0.3, -0.25) is 14.4 Å². The Hall–Kier alpha value is -3.12. The van der Waals surface area contributed by atoms with Gasteiger partial charge in [0.1, 0.15) is 17.6 Å². The predicted molar refractivity (Wildman–Crippen MR) is 95.6 cm³/mol. The van der Waals surface area contributed by atoms with E-state index in [0.29, 0.717) is 11.4 Å². The number of aryl methyl sites for hydroxylation is 1. The van der Waals surface area contributed by atoms with Crippen molar-refractivity contribution in [3.8, 4) is 5.75 Å². The van der Waals surface area contributed by atoms with Crippen LogP contribution in [0.1, 0.15) is 28.6 Å². The van der Waals surface area contributed by atoms with Gasteiger partial charge >= 0.3 is 5.97 Å². The molecule has 3 aromatic rings. The minimum Gasteiger partial charge on any atom is -0.426 e. The van der Waals surface area contributed by atoms with Gasteiger partial charge in [-0.25, -0.2) is 0 Å². The van der Waals surface area contributed by atoms with Crippen molar-refractivity contribution in [1.82, 2.24) is 9.63 Å². The van der Waals surface area contributed by atoms with Crippen LogP contribution in [0.15, 0.2) is 54.6 Å². The number of benzene rings is 2. The summed E-state index contributed by atoms with van der Waals surface area (Å²) >= 11 is 0. The number of amides is 1. The summed E-state index contributed by atoms with van der Waals surface area (Å²) in [5.74, 6) is -0.224. The zero-order valence-corrected chi connectivity index (χ0v) is 14.5. The molecule has 0 saturated carbocycles. The van der Waals surface area contributed by atoms with E-state index in [1.165, 1.54) is 12.2 Å². The molecule has 26 heavy (non-hydrogen) atoms. The molecule has 1 aliphatic rings. The lowest BCUT2D eigenvalue weighted by atomic mass is 10.1. The smallest absolute Gasteiger partial charge is 0.315 e. The molecule has 132 valence electrons. The number of hydrogen-bond donors (Lipinski definition) is 0. The molecule has 0 bridgehead atoms. The maximum Gasteiger partial charge on any atom is 0.315 e. The van der Waals surface area contributed by atoms with Crippen LogP contribution in [0.3, 0.4) is 0 Å². The second-order valence-corrected chi connectivity index (χ2v) is 6.19. The zero-order valence-electron chi connectivity index (χ0n) is 14.5. The number of aromatic nitrogens is 1. The molecule has 0 fully saturated rings. The van der Waals surface area contributed by atoms with Crippen LogP contribution < -0.4 is 4.74 Å². The molecular formula is C20H18N2O4. The van der Waals surface area contributed by atoms with E-state index in [1.54, 1.807) is 24.3 Å². The van der Waals surface area contributed by atoms with E-state index in [1.807, 2.05) is 41.8 Å². The van der Waals surface area contributed by atoms with Crippen molar-refractivity contribution in [2.75, 3.05) is 7.11 Å². The predicted octanol–water partition coefficient (Wildman–Crippen LogP) is 3.46. The van der Waals surface area contributed by atoms with Gasteiger partial charge < -0.3 is 9.30 Å². The third-order valence-electron chi connectivity index (χ3n) is 4.61. The third kappa shape index (κ3) is 2.55. The van der Waals surface area contributed by atoms with Crippen LogP contribution in [0.25, 0.3) is 10.9 Å². The van der Waals surface area contributed by atoms with E-state index in [2.05, 4.69) is 0 Å². The fraction of sp³-hybridized carbons (Fsp3) is 0.200. The minimum absolute atomic E-state index is 0.0147. The molecule has 0 N–H and O–H groups in total. The highest BCUT2D eigenvalue weighted by Crippen LogP contribution is 2.36. The van der Waals surface area contributed by atoms with Crippen LogP contribution in [-0.2, 0) is 9.63 Å². The Bertz CT molecular complexity index is 994. The minimum atomic E-state index is -0.585. The number of esters is 1. The Balaban J connectivity index is 1.69. The molecule has 0 aliphatic carbocycles. The van der Waals surface area contributed by atoms with E-state index in [-0.39, 0.29) is 12.3 Å². The lowest BCUT2D eigenvalue weighted by Gasteiger charge is -2.23. The summed E-state index contributed by atoms with van der Waals surface area (Å²) < 4.78 is 7.23. The maximum absolute atomic E-state index is 12.7. The van der Waals surface area contributed by atoms with Crippen LogP contribution in [0.4, 0.5) is 0 Å². The molecule has 6 heteroatoms. The van der Waals surface area contributed by atoms with Crippen LogP contribution in [-0.4, -0.2) is 28.6 Å². The Morgan fingerprint density at radius 2 is 1.88 bits per heavy atom. The average Bonchev–Trinajstić information content (AvgIpc) is 3.13. The molecule has 0 spiro atoms. The molecule has 6 nitrogen and oxygen atoms in total. The molecule has 1 unspecified atom stereocenters. The molecule has 0 saturated heterocycles. The number of carbonyl (C=O) groups is 2. The number of rotatable bonds is 4. The molecule has 2 aromatic carbocycles. The highest BCUT2D eigenvalue weighted by atomic mass is 16.7. The van der Waals surface area contributed by atoms with Gasteiger partial charge in [0, 0.05) is 5.39 Å². The summed E-state index contributed by atoms with van der Waals surface area (Å²) in [7, 11) is 1.42. The number of carbonyl (C=O) groups excluding carboxylic acids is 2. The molecule has 4 rings (SSSR count). The fourth-order valence-electron chi connectivity index (χ4n) is 3.43. The van der Waals surface area contributed by atoms with E-state index < -0.39 is 12.1 Å². The Kier molecular flexibility index (Phi) is 3.97. The Morgan fingerprint density at radius 3 is 2.62 bits per heavy atom. The fourth-order valence-corrected chi connectivity index (χ4v) is 3.43. The quantitative estimate of drug-likeness (QED) is 0.534. The first-order valence-corrected chi connectivity index (χ1v) is 8.34.